The third-order valence-electron chi connectivity index (χ3n) is 4.24. The number of phenols is 1. The second-order valence-electron chi connectivity index (χ2n) is 6.35. The Bertz CT molecular complexity index is 823. The Labute approximate surface area is 143 Å². The third-order valence-corrected chi connectivity index (χ3v) is 4.24. The molecule has 0 saturated carbocycles. The third kappa shape index (κ3) is 3.49. The minimum atomic E-state index is 0.246. The fourth-order valence-corrected chi connectivity index (χ4v) is 2.99. The maximum Gasteiger partial charge on any atom is 0.140 e. The van der Waals surface area contributed by atoms with Gasteiger partial charge in [0.25, 0.3) is 0 Å². The van der Waals surface area contributed by atoms with Gasteiger partial charge in [0.15, 0.2) is 0 Å². The normalized spacial score (nSPS) is 12.5. The summed E-state index contributed by atoms with van der Waals surface area (Å²) in [7, 11) is 4.19. The van der Waals surface area contributed by atoms with E-state index in [-0.39, 0.29) is 11.8 Å². The number of imidazole rings is 1. The summed E-state index contributed by atoms with van der Waals surface area (Å²) in [4.78, 5) is 6.71. The van der Waals surface area contributed by atoms with Gasteiger partial charge in [-0.05, 0) is 38.7 Å². The van der Waals surface area contributed by atoms with Crippen LogP contribution in [0.5, 0.6) is 5.75 Å². The molecule has 0 saturated heterocycles. The van der Waals surface area contributed by atoms with E-state index in [0.29, 0.717) is 0 Å². The quantitative estimate of drug-likeness (QED) is 0.775. The summed E-state index contributed by atoms with van der Waals surface area (Å²) in [6, 6.07) is 16.1. The average Bonchev–Trinajstić information content (AvgIpc) is 3.00. The number of likely N-dealkylation sites (N-methyl/N-ethyl adjacent to an activating group) is 1. The molecule has 0 aliphatic rings. The summed E-state index contributed by atoms with van der Waals surface area (Å²) in [5, 5.41) is 9.74. The Kier molecular flexibility index (Phi) is 4.67. The molecule has 4 heteroatoms. The van der Waals surface area contributed by atoms with Gasteiger partial charge in [0.05, 0.1) is 6.04 Å². The maximum atomic E-state index is 9.74. The van der Waals surface area contributed by atoms with Crippen LogP contribution in [0.4, 0.5) is 0 Å². The van der Waals surface area contributed by atoms with E-state index in [2.05, 4.69) is 59.7 Å². The number of aryl methyl sites for hydroxylation is 1. The van der Waals surface area contributed by atoms with Crippen molar-refractivity contribution in [1.82, 2.24) is 14.5 Å². The van der Waals surface area contributed by atoms with Crippen molar-refractivity contribution in [2.45, 2.75) is 19.5 Å². The van der Waals surface area contributed by atoms with Gasteiger partial charge >= 0.3 is 0 Å². The van der Waals surface area contributed by atoms with Gasteiger partial charge in [-0.25, -0.2) is 4.98 Å². The molecular formula is C20H23N3O. The average molecular weight is 321 g/mol. The second kappa shape index (κ2) is 6.89. The molecule has 124 valence electrons. The first-order chi connectivity index (χ1) is 11.5. The fourth-order valence-electron chi connectivity index (χ4n) is 2.99. The SMILES string of the molecule is Cc1cccc(C(Cn2ccnc2-c2cccc(O)c2)N(C)C)c1. The Hall–Kier alpha value is -2.59. The van der Waals surface area contributed by atoms with Crippen LogP contribution < -0.4 is 0 Å². The van der Waals surface area contributed by atoms with E-state index in [0.717, 1.165) is 17.9 Å². The van der Waals surface area contributed by atoms with Crippen molar-refractivity contribution in [3.05, 3.63) is 72.1 Å². The number of hydrogen-bond donors (Lipinski definition) is 1. The number of rotatable bonds is 5. The van der Waals surface area contributed by atoms with E-state index in [1.54, 1.807) is 12.1 Å². The van der Waals surface area contributed by atoms with Crippen molar-refractivity contribution in [2.24, 2.45) is 0 Å². The minimum absolute atomic E-state index is 0.246. The molecule has 1 atom stereocenters. The topological polar surface area (TPSA) is 41.3 Å². The van der Waals surface area contributed by atoms with E-state index in [4.69, 9.17) is 0 Å². The second-order valence-corrected chi connectivity index (χ2v) is 6.35. The molecule has 24 heavy (non-hydrogen) atoms. The van der Waals surface area contributed by atoms with Gasteiger partial charge in [0.2, 0.25) is 0 Å². The van der Waals surface area contributed by atoms with Crippen LogP contribution in [0.1, 0.15) is 17.2 Å². The van der Waals surface area contributed by atoms with Gasteiger partial charge in [-0.2, -0.15) is 0 Å². The predicted molar refractivity (Wildman–Crippen MR) is 96.9 cm³/mol. The molecule has 3 rings (SSSR count). The first-order valence-corrected chi connectivity index (χ1v) is 8.08. The van der Waals surface area contributed by atoms with Gasteiger partial charge in [-0.1, -0.05) is 42.0 Å². The van der Waals surface area contributed by atoms with Gasteiger partial charge in [-0.3, -0.25) is 0 Å². The molecule has 1 aromatic heterocycles. The standard InChI is InChI=1S/C20H23N3O/c1-15-6-4-7-16(12-15)19(22(2)3)14-23-11-10-21-20(23)17-8-5-9-18(24)13-17/h4-13,19,24H,14H2,1-3H3. The molecule has 4 nitrogen and oxygen atoms in total. The zero-order valence-corrected chi connectivity index (χ0v) is 14.3. The fraction of sp³-hybridized carbons (Fsp3) is 0.250. The zero-order chi connectivity index (χ0) is 17.1. The van der Waals surface area contributed by atoms with Crippen LogP contribution in [0, 0.1) is 6.92 Å². The van der Waals surface area contributed by atoms with E-state index in [9.17, 15) is 5.11 Å². The molecule has 0 aliphatic carbocycles. The van der Waals surface area contributed by atoms with Crippen LogP contribution >= 0.6 is 0 Å². The predicted octanol–water partition coefficient (Wildman–Crippen LogP) is 3.87. The molecule has 0 amide bonds. The Morgan fingerprint density at radius 1 is 1.12 bits per heavy atom. The number of hydrogen-bond acceptors (Lipinski definition) is 3. The molecule has 1 heterocycles. The number of phenolic OH excluding ortho intramolecular Hbond substituents is 1. The molecule has 0 spiro atoms. The van der Waals surface area contributed by atoms with Gasteiger partial charge in [0.1, 0.15) is 11.6 Å². The lowest BCUT2D eigenvalue weighted by atomic mass is 10.0. The van der Waals surface area contributed by atoms with Crippen LogP contribution in [0.25, 0.3) is 11.4 Å². The summed E-state index contributed by atoms with van der Waals surface area (Å²) >= 11 is 0. The molecule has 0 aliphatic heterocycles. The van der Waals surface area contributed by atoms with E-state index < -0.39 is 0 Å². The van der Waals surface area contributed by atoms with Crippen molar-refractivity contribution >= 4 is 0 Å². The molecule has 3 aromatic rings. The van der Waals surface area contributed by atoms with Crippen molar-refractivity contribution in [2.75, 3.05) is 14.1 Å². The number of benzene rings is 2. The van der Waals surface area contributed by atoms with Crippen LogP contribution in [0.15, 0.2) is 60.9 Å². The molecule has 0 radical (unpaired) electrons. The number of nitrogens with zero attached hydrogens (tertiary/aromatic N) is 3. The van der Waals surface area contributed by atoms with Crippen molar-refractivity contribution < 1.29 is 5.11 Å². The summed E-state index contributed by atoms with van der Waals surface area (Å²) in [5.41, 5.74) is 3.47. The molecule has 1 unspecified atom stereocenters. The highest BCUT2D eigenvalue weighted by Gasteiger charge is 2.17. The minimum Gasteiger partial charge on any atom is -0.508 e. The van der Waals surface area contributed by atoms with E-state index >= 15 is 0 Å². The molecular weight excluding hydrogens is 298 g/mol. The van der Waals surface area contributed by atoms with Crippen molar-refractivity contribution in [3.8, 4) is 17.1 Å². The smallest absolute Gasteiger partial charge is 0.140 e. The van der Waals surface area contributed by atoms with Crippen LogP contribution in [-0.2, 0) is 6.54 Å². The van der Waals surface area contributed by atoms with Gasteiger partial charge < -0.3 is 14.6 Å². The first-order valence-electron chi connectivity index (χ1n) is 8.08. The highest BCUT2D eigenvalue weighted by Crippen LogP contribution is 2.26. The number of aromatic hydroxyl groups is 1. The van der Waals surface area contributed by atoms with E-state index in [1.807, 2.05) is 24.5 Å². The van der Waals surface area contributed by atoms with Crippen LogP contribution in [-0.4, -0.2) is 33.7 Å². The molecule has 1 N–H and O–H groups in total. The lowest BCUT2D eigenvalue weighted by Gasteiger charge is -2.26. The Balaban J connectivity index is 1.93. The molecule has 0 bridgehead atoms. The Morgan fingerprint density at radius 3 is 2.62 bits per heavy atom. The highest BCUT2D eigenvalue weighted by atomic mass is 16.3. The Morgan fingerprint density at radius 2 is 1.92 bits per heavy atom. The molecule has 2 aromatic carbocycles. The van der Waals surface area contributed by atoms with Crippen LogP contribution in [0.3, 0.4) is 0 Å². The largest absolute Gasteiger partial charge is 0.508 e. The first kappa shape index (κ1) is 16.3. The zero-order valence-electron chi connectivity index (χ0n) is 14.3. The summed E-state index contributed by atoms with van der Waals surface area (Å²) < 4.78 is 2.14. The summed E-state index contributed by atoms with van der Waals surface area (Å²) in [5.74, 6) is 1.12. The summed E-state index contributed by atoms with van der Waals surface area (Å²) in [6.07, 6.45) is 3.80. The van der Waals surface area contributed by atoms with Crippen molar-refractivity contribution in [1.29, 1.82) is 0 Å². The lowest BCUT2D eigenvalue weighted by molar-refractivity contribution is 0.269. The van der Waals surface area contributed by atoms with Crippen molar-refractivity contribution in [3.63, 3.8) is 0 Å². The van der Waals surface area contributed by atoms with Gasteiger partial charge in [-0.15, -0.1) is 0 Å². The number of aromatic nitrogens is 2. The lowest BCUT2D eigenvalue weighted by Crippen LogP contribution is -2.24. The van der Waals surface area contributed by atoms with E-state index in [1.165, 1.54) is 11.1 Å². The maximum absolute atomic E-state index is 9.74. The monoisotopic (exact) mass is 321 g/mol. The highest BCUT2D eigenvalue weighted by molar-refractivity contribution is 5.57. The van der Waals surface area contributed by atoms with Gasteiger partial charge in [0, 0.05) is 24.5 Å². The van der Waals surface area contributed by atoms with Crippen LogP contribution in [0.2, 0.25) is 0 Å². The molecule has 0 fully saturated rings. The summed E-state index contributed by atoms with van der Waals surface area (Å²) in [6.45, 7) is 2.91.